The average Bonchev–Trinajstić information content (AvgIpc) is 3.07. The van der Waals surface area contributed by atoms with Crippen LogP contribution >= 0.6 is 0 Å². The molecule has 0 aliphatic heterocycles. The third kappa shape index (κ3) is 3.56. The van der Waals surface area contributed by atoms with Crippen molar-refractivity contribution in [2.45, 2.75) is 26.3 Å². The van der Waals surface area contributed by atoms with E-state index < -0.39 is 0 Å². The Labute approximate surface area is 141 Å². The van der Waals surface area contributed by atoms with E-state index in [1.165, 1.54) is 0 Å². The normalized spacial score (nSPS) is 12.1. The summed E-state index contributed by atoms with van der Waals surface area (Å²) in [6, 6.07) is 15.9. The number of anilines is 1. The zero-order valence-corrected chi connectivity index (χ0v) is 13.9. The average molecular weight is 323 g/mol. The van der Waals surface area contributed by atoms with Crippen LogP contribution < -0.4 is 10.1 Å². The summed E-state index contributed by atoms with van der Waals surface area (Å²) in [7, 11) is 0. The van der Waals surface area contributed by atoms with Gasteiger partial charge in [0.2, 0.25) is 0 Å². The molecule has 1 unspecified atom stereocenters. The number of carbonyl (C=O) groups is 1. The van der Waals surface area contributed by atoms with E-state index in [0.717, 1.165) is 17.2 Å². The Bertz CT molecular complexity index is 841. The molecule has 0 aliphatic rings. The number of aromatic nitrogens is 2. The highest BCUT2D eigenvalue weighted by Gasteiger charge is 2.11. The van der Waals surface area contributed by atoms with Crippen LogP contribution in [0.25, 0.3) is 10.8 Å². The van der Waals surface area contributed by atoms with Crippen LogP contribution in [0.2, 0.25) is 0 Å². The Morgan fingerprint density at radius 2 is 2.00 bits per heavy atom. The van der Waals surface area contributed by atoms with Gasteiger partial charge in [0.1, 0.15) is 11.6 Å². The summed E-state index contributed by atoms with van der Waals surface area (Å²) < 4.78 is 7.42. The molecule has 0 saturated heterocycles. The van der Waals surface area contributed by atoms with E-state index >= 15 is 0 Å². The number of hydrogen-bond acceptors (Lipinski definition) is 3. The van der Waals surface area contributed by atoms with E-state index in [4.69, 9.17) is 4.74 Å². The standard InChI is InChI=1S/C19H21N3O2/c1-3-14(2)22-18(10-11-20-22)21-19(23)13-24-17-9-8-15-6-4-5-7-16(15)12-17/h4-12,14H,3,13H2,1-2H3,(H,21,23). The SMILES string of the molecule is CCC(C)n1nccc1NC(=O)COc1ccc2ccccc2c1. The van der Waals surface area contributed by atoms with Crippen molar-refractivity contribution in [3.63, 3.8) is 0 Å². The molecule has 1 aromatic heterocycles. The summed E-state index contributed by atoms with van der Waals surface area (Å²) in [4.78, 5) is 12.1. The molecule has 124 valence electrons. The van der Waals surface area contributed by atoms with Gasteiger partial charge in [-0.2, -0.15) is 5.10 Å². The van der Waals surface area contributed by atoms with Crippen LogP contribution in [0.3, 0.4) is 0 Å². The van der Waals surface area contributed by atoms with Gasteiger partial charge in [0, 0.05) is 6.07 Å². The fourth-order valence-corrected chi connectivity index (χ4v) is 2.52. The molecule has 0 saturated carbocycles. The van der Waals surface area contributed by atoms with Gasteiger partial charge >= 0.3 is 0 Å². The molecule has 0 aliphatic carbocycles. The fraction of sp³-hybridized carbons (Fsp3) is 0.263. The molecule has 3 rings (SSSR count). The summed E-state index contributed by atoms with van der Waals surface area (Å²) in [6.07, 6.45) is 2.63. The Hall–Kier alpha value is -2.82. The second kappa shape index (κ2) is 7.17. The van der Waals surface area contributed by atoms with E-state index in [2.05, 4.69) is 24.3 Å². The molecule has 1 amide bonds. The number of benzene rings is 2. The molecular weight excluding hydrogens is 302 g/mol. The highest BCUT2D eigenvalue weighted by Crippen LogP contribution is 2.21. The van der Waals surface area contributed by atoms with Crippen LogP contribution in [0.4, 0.5) is 5.82 Å². The van der Waals surface area contributed by atoms with Crippen LogP contribution in [0, 0.1) is 0 Å². The van der Waals surface area contributed by atoms with Crippen molar-refractivity contribution >= 4 is 22.5 Å². The maximum Gasteiger partial charge on any atom is 0.263 e. The lowest BCUT2D eigenvalue weighted by Gasteiger charge is -2.14. The van der Waals surface area contributed by atoms with E-state index in [1.54, 1.807) is 12.3 Å². The molecule has 1 atom stereocenters. The highest BCUT2D eigenvalue weighted by atomic mass is 16.5. The molecule has 2 aromatic carbocycles. The molecule has 1 heterocycles. The largest absolute Gasteiger partial charge is 0.484 e. The summed E-state index contributed by atoms with van der Waals surface area (Å²) in [5.74, 6) is 1.17. The number of amides is 1. The van der Waals surface area contributed by atoms with Crippen molar-refractivity contribution in [3.8, 4) is 5.75 Å². The van der Waals surface area contributed by atoms with Crippen LogP contribution in [0.1, 0.15) is 26.3 Å². The predicted octanol–water partition coefficient (Wildman–Crippen LogP) is 4.02. The Morgan fingerprint density at radius 3 is 2.79 bits per heavy atom. The minimum Gasteiger partial charge on any atom is -0.484 e. The summed E-state index contributed by atoms with van der Waals surface area (Å²) >= 11 is 0. The van der Waals surface area contributed by atoms with Crippen LogP contribution in [-0.2, 0) is 4.79 Å². The van der Waals surface area contributed by atoms with Gasteiger partial charge in [0.05, 0.1) is 12.2 Å². The van der Waals surface area contributed by atoms with Gasteiger partial charge in [-0.25, -0.2) is 4.68 Å². The fourth-order valence-electron chi connectivity index (χ4n) is 2.52. The van der Waals surface area contributed by atoms with Gasteiger partial charge in [-0.1, -0.05) is 37.3 Å². The Kier molecular flexibility index (Phi) is 4.79. The number of nitrogens with one attached hydrogen (secondary N) is 1. The summed E-state index contributed by atoms with van der Waals surface area (Å²) in [6.45, 7) is 4.11. The van der Waals surface area contributed by atoms with E-state index in [9.17, 15) is 4.79 Å². The second-order valence-corrected chi connectivity index (χ2v) is 5.76. The van der Waals surface area contributed by atoms with Gasteiger partial charge in [0.25, 0.3) is 5.91 Å². The van der Waals surface area contributed by atoms with Crippen molar-refractivity contribution in [1.29, 1.82) is 0 Å². The van der Waals surface area contributed by atoms with Crippen molar-refractivity contribution in [2.75, 3.05) is 11.9 Å². The zero-order valence-electron chi connectivity index (χ0n) is 13.9. The summed E-state index contributed by atoms with van der Waals surface area (Å²) in [5.41, 5.74) is 0. The molecule has 5 heteroatoms. The number of carbonyl (C=O) groups excluding carboxylic acids is 1. The minimum atomic E-state index is -0.201. The van der Waals surface area contributed by atoms with Crippen molar-refractivity contribution in [1.82, 2.24) is 9.78 Å². The first-order chi connectivity index (χ1) is 11.7. The topological polar surface area (TPSA) is 56.2 Å². The molecule has 0 spiro atoms. The summed E-state index contributed by atoms with van der Waals surface area (Å²) in [5, 5.41) is 9.34. The quantitative estimate of drug-likeness (QED) is 0.745. The van der Waals surface area contributed by atoms with Gasteiger partial charge in [0.15, 0.2) is 6.61 Å². The predicted molar refractivity (Wildman–Crippen MR) is 95.3 cm³/mol. The third-order valence-corrected chi connectivity index (χ3v) is 4.04. The van der Waals surface area contributed by atoms with Crippen LogP contribution in [-0.4, -0.2) is 22.3 Å². The Morgan fingerprint density at radius 1 is 1.21 bits per heavy atom. The van der Waals surface area contributed by atoms with Crippen molar-refractivity contribution < 1.29 is 9.53 Å². The minimum absolute atomic E-state index is 0.0377. The lowest BCUT2D eigenvalue weighted by molar-refractivity contribution is -0.118. The van der Waals surface area contributed by atoms with Crippen LogP contribution in [0.5, 0.6) is 5.75 Å². The number of nitrogens with zero attached hydrogens (tertiary/aromatic N) is 2. The molecule has 0 fully saturated rings. The van der Waals surface area contributed by atoms with E-state index in [0.29, 0.717) is 11.6 Å². The van der Waals surface area contributed by atoms with Gasteiger partial charge in [-0.15, -0.1) is 0 Å². The number of ether oxygens (including phenoxy) is 1. The molecule has 0 radical (unpaired) electrons. The number of hydrogen-bond donors (Lipinski definition) is 1. The number of rotatable bonds is 6. The van der Waals surface area contributed by atoms with E-state index in [-0.39, 0.29) is 18.6 Å². The van der Waals surface area contributed by atoms with Gasteiger partial charge < -0.3 is 10.1 Å². The first-order valence-electron chi connectivity index (χ1n) is 8.12. The van der Waals surface area contributed by atoms with Crippen LogP contribution in [0.15, 0.2) is 54.7 Å². The van der Waals surface area contributed by atoms with E-state index in [1.807, 2.05) is 47.1 Å². The van der Waals surface area contributed by atoms with Gasteiger partial charge in [-0.05, 0) is 36.2 Å². The molecule has 3 aromatic rings. The highest BCUT2D eigenvalue weighted by molar-refractivity contribution is 5.91. The maximum atomic E-state index is 12.1. The first kappa shape index (κ1) is 16.1. The maximum absolute atomic E-state index is 12.1. The smallest absolute Gasteiger partial charge is 0.263 e. The second-order valence-electron chi connectivity index (χ2n) is 5.76. The monoisotopic (exact) mass is 323 g/mol. The lowest BCUT2D eigenvalue weighted by atomic mass is 10.1. The lowest BCUT2D eigenvalue weighted by Crippen LogP contribution is -2.22. The Balaban J connectivity index is 1.62. The molecule has 5 nitrogen and oxygen atoms in total. The van der Waals surface area contributed by atoms with Gasteiger partial charge in [-0.3, -0.25) is 4.79 Å². The number of fused-ring (bicyclic) bond motifs is 1. The molecule has 1 N–H and O–H groups in total. The van der Waals surface area contributed by atoms with Crippen molar-refractivity contribution in [2.24, 2.45) is 0 Å². The zero-order chi connectivity index (χ0) is 16.9. The first-order valence-corrected chi connectivity index (χ1v) is 8.12. The van der Waals surface area contributed by atoms with Crippen molar-refractivity contribution in [3.05, 3.63) is 54.7 Å². The molecule has 0 bridgehead atoms. The molecule has 24 heavy (non-hydrogen) atoms. The molecular formula is C19H21N3O2. The third-order valence-electron chi connectivity index (χ3n) is 4.04.